The Kier molecular flexibility index (Phi) is 2.31. The molecule has 72 valence electrons. The van der Waals surface area contributed by atoms with Crippen molar-refractivity contribution in [2.24, 2.45) is 0 Å². The molecule has 2 nitrogen and oxygen atoms in total. The first kappa shape index (κ1) is 9.73. The minimum absolute atomic E-state index is 0.0463. The van der Waals surface area contributed by atoms with Gasteiger partial charge in [0.05, 0.1) is 5.60 Å². The van der Waals surface area contributed by atoms with Crippen LogP contribution >= 0.6 is 0 Å². The molecule has 1 saturated heterocycles. The second kappa shape index (κ2) is 2.85. The first-order chi connectivity index (χ1) is 5.36. The van der Waals surface area contributed by atoms with E-state index in [2.05, 4.69) is 5.32 Å². The summed E-state index contributed by atoms with van der Waals surface area (Å²) in [4.78, 5) is 0. The van der Waals surface area contributed by atoms with E-state index in [1.165, 1.54) is 0 Å². The van der Waals surface area contributed by atoms with Gasteiger partial charge in [-0.05, 0) is 0 Å². The van der Waals surface area contributed by atoms with Crippen molar-refractivity contribution in [3.63, 3.8) is 0 Å². The highest BCUT2D eigenvalue weighted by atomic mass is 19.3. The van der Waals surface area contributed by atoms with Crippen molar-refractivity contribution < 1.29 is 22.7 Å². The van der Waals surface area contributed by atoms with E-state index in [4.69, 9.17) is 5.11 Å². The number of nitrogens with one attached hydrogen (secondary N) is 1. The highest BCUT2D eigenvalue weighted by molar-refractivity contribution is 4.96. The van der Waals surface area contributed by atoms with Crippen LogP contribution in [-0.2, 0) is 0 Å². The van der Waals surface area contributed by atoms with Gasteiger partial charge in [0.1, 0.15) is 0 Å². The zero-order valence-electron chi connectivity index (χ0n) is 6.16. The molecule has 6 heteroatoms. The van der Waals surface area contributed by atoms with Gasteiger partial charge in [0.25, 0.3) is 0 Å². The maximum Gasteiger partial charge on any atom is 0.310 e. The lowest BCUT2D eigenvalue weighted by atomic mass is 9.90. The lowest BCUT2D eigenvalue weighted by molar-refractivity contribution is -0.176. The van der Waals surface area contributed by atoms with Crippen molar-refractivity contribution in [3.8, 4) is 0 Å². The van der Waals surface area contributed by atoms with Crippen LogP contribution in [0, 0.1) is 0 Å². The molecular weight excluding hydrogens is 178 g/mol. The van der Waals surface area contributed by atoms with Gasteiger partial charge in [-0.1, -0.05) is 0 Å². The van der Waals surface area contributed by atoms with Crippen LogP contribution in [0.5, 0.6) is 0 Å². The maximum absolute atomic E-state index is 12.3. The second-order valence-corrected chi connectivity index (χ2v) is 3.07. The van der Waals surface area contributed by atoms with Gasteiger partial charge in [-0.2, -0.15) is 0 Å². The van der Waals surface area contributed by atoms with Crippen molar-refractivity contribution in [1.29, 1.82) is 0 Å². The molecular formula is C6H9F4NO. The minimum Gasteiger partial charge on any atom is -0.387 e. The quantitative estimate of drug-likeness (QED) is 0.634. The molecule has 0 aliphatic carbocycles. The summed E-state index contributed by atoms with van der Waals surface area (Å²) in [6.07, 6.45) is -4.88. The SMILES string of the molecule is OC1(CC(F)(F)C(F)F)CNC1. The molecule has 0 aromatic heterocycles. The van der Waals surface area contributed by atoms with Crippen molar-refractivity contribution in [2.75, 3.05) is 13.1 Å². The zero-order chi connectivity index (χ0) is 9.41. The summed E-state index contributed by atoms with van der Waals surface area (Å²) in [5.41, 5.74) is -1.65. The van der Waals surface area contributed by atoms with E-state index < -0.39 is 24.4 Å². The number of halogens is 4. The van der Waals surface area contributed by atoms with Crippen molar-refractivity contribution in [1.82, 2.24) is 5.32 Å². The molecule has 0 aromatic carbocycles. The van der Waals surface area contributed by atoms with Crippen LogP contribution in [0.3, 0.4) is 0 Å². The average Bonchev–Trinajstić information content (AvgIpc) is 1.83. The lowest BCUT2D eigenvalue weighted by Crippen LogP contribution is -2.62. The van der Waals surface area contributed by atoms with E-state index in [1.54, 1.807) is 0 Å². The van der Waals surface area contributed by atoms with E-state index in [1.807, 2.05) is 0 Å². The first-order valence-corrected chi connectivity index (χ1v) is 3.45. The Bertz CT molecular complexity index is 169. The van der Waals surface area contributed by atoms with Gasteiger partial charge in [0.15, 0.2) is 0 Å². The summed E-state index contributed by atoms with van der Waals surface area (Å²) in [6.45, 7) is -0.0926. The average molecular weight is 187 g/mol. The molecule has 0 atom stereocenters. The molecule has 0 bridgehead atoms. The number of aliphatic hydroxyl groups is 1. The predicted octanol–water partition coefficient (Wildman–Crippen LogP) is 0.611. The molecule has 0 saturated carbocycles. The highest BCUT2D eigenvalue weighted by Crippen LogP contribution is 2.33. The van der Waals surface area contributed by atoms with Crippen molar-refractivity contribution in [2.45, 2.75) is 24.4 Å². The lowest BCUT2D eigenvalue weighted by Gasteiger charge is -2.39. The fourth-order valence-corrected chi connectivity index (χ4v) is 1.05. The van der Waals surface area contributed by atoms with Crippen LogP contribution in [0.2, 0.25) is 0 Å². The highest BCUT2D eigenvalue weighted by Gasteiger charge is 2.50. The number of β-amino-alcohol motifs (C(OH)–C–C–N with tert-alkyl or cyclic N) is 1. The van der Waals surface area contributed by atoms with E-state index in [0.29, 0.717) is 0 Å². The third-order valence-corrected chi connectivity index (χ3v) is 1.79. The molecule has 0 amide bonds. The van der Waals surface area contributed by atoms with Crippen LogP contribution in [0.4, 0.5) is 17.6 Å². The Hall–Kier alpha value is -0.360. The fourth-order valence-electron chi connectivity index (χ4n) is 1.05. The van der Waals surface area contributed by atoms with Crippen LogP contribution < -0.4 is 5.32 Å². The smallest absolute Gasteiger partial charge is 0.310 e. The Morgan fingerprint density at radius 3 is 2.17 bits per heavy atom. The number of hydrogen-bond acceptors (Lipinski definition) is 2. The summed E-state index contributed by atoms with van der Waals surface area (Å²) in [6, 6.07) is 0. The van der Waals surface area contributed by atoms with Gasteiger partial charge in [0.2, 0.25) is 0 Å². The van der Waals surface area contributed by atoms with Gasteiger partial charge in [-0.15, -0.1) is 0 Å². The number of alkyl halides is 4. The Labute approximate surface area is 66.6 Å². The largest absolute Gasteiger partial charge is 0.387 e. The molecule has 0 unspecified atom stereocenters. The van der Waals surface area contributed by atoms with E-state index >= 15 is 0 Å². The third kappa shape index (κ3) is 1.87. The standard InChI is InChI=1S/C6H9F4NO/c7-4(8)6(9,10)1-5(12)2-11-3-5/h4,11-12H,1-3H2. The van der Waals surface area contributed by atoms with Gasteiger partial charge in [-0.3, -0.25) is 0 Å². The topological polar surface area (TPSA) is 32.3 Å². The molecule has 0 radical (unpaired) electrons. The zero-order valence-corrected chi connectivity index (χ0v) is 6.16. The fraction of sp³-hybridized carbons (Fsp3) is 1.00. The molecule has 0 spiro atoms. The molecule has 1 heterocycles. The van der Waals surface area contributed by atoms with E-state index in [-0.39, 0.29) is 13.1 Å². The van der Waals surface area contributed by atoms with Gasteiger partial charge < -0.3 is 10.4 Å². The van der Waals surface area contributed by atoms with Crippen LogP contribution in [0.25, 0.3) is 0 Å². The van der Waals surface area contributed by atoms with Crippen LogP contribution in [0.1, 0.15) is 6.42 Å². The summed E-state index contributed by atoms with van der Waals surface area (Å²) in [5, 5.41) is 11.7. The second-order valence-electron chi connectivity index (χ2n) is 3.07. The van der Waals surface area contributed by atoms with Crippen LogP contribution in [0.15, 0.2) is 0 Å². The molecule has 1 aliphatic rings. The predicted molar refractivity (Wildman–Crippen MR) is 33.4 cm³/mol. The van der Waals surface area contributed by atoms with Crippen molar-refractivity contribution in [3.05, 3.63) is 0 Å². The Balaban J connectivity index is 2.48. The monoisotopic (exact) mass is 187 g/mol. The Morgan fingerprint density at radius 1 is 1.42 bits per heavy atom. The van der Waals surface area contributed by atoms with E-state index in [0.717, 1.165) is 0 Å². The van der Waals surface area contributed by atoms with E-state index in [9.17, 15) is 17.6 Å². The minimum atomic E-state index is -4.09. The molecule has 2 N–H and O–H groups in total. The summed E-state index contributed by atoms with van der Waals surface area (Å²) in [5.74, 6) is -4.09. The molecule has 1 aliphatic heterocycles. The normalized spacial score (nSPS) is 22.5. The maximum atomic E-state index is 12.3. The first-order valence-electron chi connectivity index (χ1n) is 3.45. The third-order valence-electron chi connectivity index (χ3n) is 1.79. The number of rotatable bonds is 3. The summed E-state index contributed by atoms with van der Waals surface area (Å²) >= 11 is 0. The Morgan fingerprint density at radius 2 is 1.92 bits per heavy atom. The molecule has 0 aromatic rings. The van der Waals surface area contributed by atoms with Gasteiger partial charge in [-0.25, -0.2) is 17.6 Å². The molecule has 1 fully saturated rings. The van der Waals surface area contributed by atoms with Crippen LogP contribution in [-0.4, -0.2) is 36.1 Å². The van der Waals surface area contributed by atoms with Crippen molar-refractivity contribution >= 4 is 0 Å². The van der Waals surface area contributed by atoms with Gasteiger partial charge in [0, 0.05) is 19.5 Å². The summed E-state index contributed by atoms with van der Waals surface area (Å²) < 4.78 is 47.9. The number of hydrogen-bond donors (Lipinski definition) is 2. The molecule has 1 rings (SSSR count). The van der Waals surface area contributed by atoms with Gasteiger partial charge >= 0.3 is 12.3 Å². The molecule has 12 heavy (non-hydrogen) atoms. The summed E-state index contributed by atoms with van der Waals surface area (Å²) in [7, 11) is 0.